The van der Waals surface area contributed by atoms with Crippen LogP contribution in [-0.4, -0.2) is 25.8 Å². The summed E-state index contributed by atoms with van der Waals surface area (Å²) in [5, 5.41) is 15.0. The molecule has 0 amide bonds. The van der Waals surface area contributed by atoms with Gasteiger partial charge >= 0.3 is 5.97 Å². The molecular weight excluding hydrogens is 338 g/mol. The third-order valence-corrected chi connectivity index (χ3v) is 5.01. The van der Waals surface area contributed by atoms with Crippen molar-refractivity contribution in [3.8, 4) is 5.13 Å². The maximum Gasteiger partial charge on any atom is 0.309 e. The minimum absolute atomic E-state index is 0.259. The molecule has 4 aromatic rings. The van der Waals surface area contributed by atoms with E-state index in [2.05, 4.69) is 10.1 Å². The molecule has 0 unspecified atom stereocenters. The van der Waals surface area contributed by atoms with E-state index >= 15 is 0 Å². The highest BCUT2D eigenvalue weighted by molar-refractivity contribution is 7.20. The number of nitrogens with zero attached hydrogens (tertiary/aromatic N) is 3. The average molecular weight is 351 g/mol. The van der Waals surface area contributed by atoms with Gasteiger partial charge in [-0.3, -0.25) is 9.59 Å². The fourth-order valence-electron chi connectivity index (χ4n) is 2.87. The topological polar surface area (TPSA) is 85.1 Å². The largest absolute Gasteiger partial charge is 0.481 e. The molecule has 0 radical (unpaired) electrons. The lowest BCUT2D eigenvalue weighted by molar-refractivity contribution is -0.136. The van der Waals surface area contributed by atoms with E-state index in [4.69, 9.17) is 0 Å². The van der Waals surface area contributed by atoms with Crippen LogP contribution in [0.15, 0.2) is 47.3 Å². The van der Waals surface area contributed by atoms with Gasteiger partial charge in [0.25, 0.3) is 5.56 Å². The number of benzene rings is 2. The second-order valence-electron chi connectivity index (χ2n) is 5.70. The van der Waals surface area contributed by atoms with Gasteiger partial charge in [0, 0.05) is 5.39 Å². The van der Waals surface area contributed by atoms with Crippen molar-refractivity contribution in [2.75, 3.05) is 0 Å². The van der Waals surface area contributed by atoms with E-state index in [9.17, 15) is 14.7 Å². The summed E-state index contributed by atoms with van der Waals surface area (Å²) in [6, 6.07) is 12.9. The van der Waals surface area contributed by atoms with Crippen molar-refractivity contribution >= 4 is 38.3 Å². The van der Waals surface area contributed by atoms with Crippen molar-refractivity contribution in [1.82, 2.24) is 14.8 Å². The van der Waals surface area contributed by atoms with Crippen LogP contribution in [0.5, 0.6) is 0 Å². The number of carboxylic acid groups (broad SMARTS) is 1. The maximum absolute atomic E-state index is 13.0. The predicted molar refractivity (Wildman–Crippen MR) is 96.6 cm³/mol. The van der Waals surface area contributed by atoms with Gasteiger partial charge in [0.15, 0.2) is 0 Å². The molecule has 0 saturated heterocycles. The first-order chi connectivity index (χ1) is 12.0. The Bertz CT molecular complexity index is 1160. The summed E-state index contributed by atoms with van der Waals surface area (Å²) < 4.78 is 2.16. The Kier molecular flexibility index (Phi) is 3.58. The van der Waals surface area contributed by atoms with Gasteiger partial charge in [-0.15, -0.1) is 0 Å². The number of aryl methyl sites for hydroxylation is 1. The Balaban J connectivity index is 2.06. The zero-order valence-corrected chi connectivity index (χ0v) is 14.1. The van der Waals surface area contributed by atoms with Crippen molar-refractivity contribution in [3.05, 3.63) is 64.1 Å². The second-order valence-corrected chi connectivity index (χ2v) is 6.70. The lowest BCUT2D eigenvalue weighted by Gasteiger charge is -2.09. The molecule has 0 atom stereocenters. The Morgan fingerprint density at radius 2 is 2.00 bits per heavy atom. The van der Waals surface area contributed by atoms with Gasteiger partial charge in [0.05, 0.1) is 27.7 Å². The maximum atomic E-state index is 13.0. The number of thiazole rings is 1. The molecule has 1 N–H and O–H groups in total. The van der Waals surface area contributed by atoms with Gasteiger partial charge in [-0.1, -0.05) is 41.7 Å². The van der Waals surface area contributed by atoms with Crippen molar-refractivity contribution in [2.24, 2.45) is 0 Å². The fourth-order valence-corrected chi connectivity index (χ4v) is 3.79. The number of aromatic nitrogens is 3. The van der Waals surface area contributed by atoms with E-state index in [1.807, 2.05) is 37.3 Å². The van der Waals surface area contributed by atoms with Crippen LogP contribution < -0.4 is 5.56 Å². The highest BCUT2D eigenvalue weighted by Gasteiger charge is 2.17. The molecule has 0 aliphatic heterocycles. The van der Waals surface area contributed by atoms with Crippen molar-refractivity contribution in [1.29, 1.82) is 0 Å². The van der Waals surface area contributed by atoms with E-state index in [1.54, 1.807) is 12.1 Å². The van der Waals surface area contributed by atoms with E-state index < -0.39 is 5.97 Å². The quantitative estimate of drug-likeness (QED) is 0.613. The molecule has 0 fully saturated rings. The van der Waals surface area contributed by atoms with Gasteiger partial charge in [-0.2, -0.15) is 9.78 Å². The molecule has 2 heterocycles. The Morgan fingerprint density at radius 1 is 1.20 bits per heavy atom. The zero-order valence-electron chi connectivity index (χ0n) is 13.3. The summed E-state index contributed by atoms with van der Waals surface area (Å²) in [6.45, 7) is 1.83. The first-order valence-electron chi connectivity index (χ1n) is 7.64. The molecule has 0 aliphatic carbocycles. The van der Waals surface area contributed by atoms with Gasteiger partial charge in [0.1, 0.15) is 0 Å². The summed E-state index contributed by atoms with van der Waals surface area (Å²) in [5.74, 6) is -0.996. The lowest BCUT2D eigenvalue weighted by atomic mass is 10.0. The lowest BCUT2D eigenvalue weighted by Crippen LogP contribution is -2.24. The SMILES string of the molecule is Cc1cccc2c(CC(=O)O)nn(-c3nc4ccccc4s3)c(=O)c12. The van der Waals surface area contributed by atoms with Crippen LogP contribution in [0.25, 0.3) is 26.1 Å². The van der Waals surface area contributed by atoms with Crippen molar-refractivity contribution in [2.45, 2.75) is 13.3 Å². The number of para-hydroxylation sites is 1. The summed E-state index contributed by atoms with van der Waals surface area (Å²) >= 11 is 1.35. The number of hydrogen-bond donors (Lipinski definition) is 1. The van der Waals surface area contributed by atoms with E-state index in [0.29, 0.717) is 21.6 Å². The summed E-state index contributed by atoms with van der Waals surface area (Å²) in [4.78, 5) is 28.7. The smallest absolute Gasteiger partial charge is 0.309 e. The number of carbonyl (C=O) groups is 1. The molecule has 25 heavy (non-hydrogen) atoms. The molecule has 0 bridgehead atoms. The Hall–Kier alpha value is -3.06. The van der Waals surface area contributed by atoms with Gasteiger partial charge < -0.3 is 5.11 Å². The van der Waals surface area contributed by atoms with Crippen molar-refractivity contribution < 1.29 is 9.90 Å². The van der Waals surface area contributed by atoms with Gasteiger partial charge in [-0.25, -0.2) is 4.98 Å². The standard InChI is InChI=1S/C18H13N3O3S/c1-10-5-4-6-11-13(9-15(22)23)20-21(17(24)16(10)11)18-19-12-7-2-3-8-14(12)25-18/h2-8H,9H2,1H3,(H,22,23). The van der Waals surface area contributed by atoms with Gasteiger partial charge in [-0.05, 0) is 24.6 Å². The third kappa shape index (κ3) is 2.58. The van der Waals surface area contributed by atoms with E-state index in [0.717, 1.165) is 15.8 Å². The van der Waals surface area contributed by atoms with Crippen LogP contribution in [-0.2, 0) is 11.2 Å². The number of aliphatic carboxylic acids is 1. The molecule has 6 nitrogen and oxygen atoms in total. The predicted octanol–water partition coefficient (Wildman–Crippen LogP) is 2.93. The van der Waals surface area contributed by atoms with Crippen LogP contribution in [0, 0.1) is 6.92 Å². The molecule has 124 valence electrons. The molecule has 0 spiro atoms. The monoisotopic (exact) mass is 351 g/mol. The molecule has 0 aliphatic rings. The fraction of sp³-hybridized carbons (Fsp3) is 0.111. The van der Waals surface area contributed by atoms with E-state index in [-0.39, 0.29) is 12.0 Å². The van der Waals surface area contributed by atoms with Crippen LogP contribution in [0.4, 0.5) is 0 Å². The minimum Gasteiger partial charge on any atom is -0.481 e. The van der Waals surface area contributed by atoms with E-state index in [1.165, 1.54) is 16.0 Å². The minimum atomic E-state index is -0.996. The van der Waals surface area contributed by atoms with Crippen LogP contribution in [0.1, 0.15) is 11.3 Å². The Morgan fingerprint density at radius 3 is 2.76 bits per heavy atom. The summed E-state index contributed by atoms with van der Waals surface area (Å²) in [7, 11) is 0. The normalized spacial score (nSPS) is 11.2. The third-order valence-electron chi connectivity index (χ3n) is 3.99. The number of fused-ring (bicyclic) bond motifs is 2. The first kappa shape index (κ1) is 15.5. The number of rotatable bonds is 3. The summed E-state index contributed by atoms with van der Waals surface area (Å²) in [5.41, 5.74) is 1.62. The highest BCUT2D eigenvalue weighted by Crippen LogP contribution is 2.25. The Labute approximate surface area is 146 Å². The number of carboxylic acids is 1. The summed E-state index contributed by atoms with van der Waals surface area (Å²) in [6.07, 6.45) is -0.259. The first-order valence-corrected chi connectivity index (χ1v) is 8.45. The molecule has 4 rings (SSSR count). The average Bonchev–Trinajstić information content (AvgIpc) is 3.00. The second kappa shape index (κ2) is 5.78. The van der Waals surface area contributed by atoms with Crippen molar-refractivity contribution in [3.63, 3.8) is 0 Å². The van der Waals surface area contributed by atoms with Crippen LogP contribution in [0.3, 0.4) is 0 Å². The molecule has 0 saturated carbocycles. The van der Waals surface area contributed by atoms with Gasteiger partial charge in [0.2, 0.25) is 5.13 Å². The van der Waals surface area contributed by atoms with Crippen LogP contribution >= 0.6 is 11.3 Å². The molecular formula is C18H13N3O3S. The molecule has 7 heteroatoms. The number of hydrogen-bond acceptors (Lipinski definition) is 5. The van der Waals surface area contributed by atoms with Crippen LogP contribution in [0.2, 0.25) is 0 Å². The zero-order chi connectivity index (χ0) is 17.6. The molecule has 2 aromatic heterocycles. The molecule has 2 aromatic carbocycles. The highest BCUT2D eigenvalue weighted by atomic mass is 32.1.